The molecule has 4 nitrogen and oxygen atoms in total. The van der Waals surface area contributed by atoms with Crippen molar-refractivity contribution >= 4 is 29.5 Å². The molecule has 0 saturated carbocycles. The van der Waals surface area contributed by atoms with Crippen LogP contribution in [0.15, 0.2) is 77.4 Å². The summed E-state index contributed by atoms with van der Waals surface area (Å²) in [4.78, 5) is 16.2. The highest BCUT2D eigenvalue weighted by atomic mass is 35.5. The molecule has 1 aliphatic rings. The minimum absolute atomic E-state index is 0.00280. The predicted octanol–water partition coefficient (Wildman–Crippen LogP) is 5.54. The largest absolute Gasteiger partial charge is 0.489 e. The number of aliphatic imine (C=N–C) groups is 1. The quantitative estimate of drug-likeness (QED) is 0.306. The third-order valence-corrected chi connectivity index (χ3v) is 4.61. The van der Waals surface area contributed by atoms with Crippen LogP contribution in [0.1, 0.15) is 16.7 Å². The lowest BCUT2D eigenvalue weighted by Gasteiger charge is -2.06. The Kier molecular flexibility index (Phi) is 5.59. The predicted molar refractivity (Wildman–Crippen MR) is 109 cm³/mol. The molecule has 0 saturated heterocycles. The summed E-state index contributed by atoms with van der Waals surface area (Å²) in [7, 11) is 0. The van der Waals surface area contributed by atoms with Gasteiger partial charge in [0.05, 0.1) is 10.6 Å². The van der Waals surface area contributed by atoms with E-state index in [1.54, 1.807) is 24.3 Å². The van der Waals surface area contributed by atoms with E-state index in [0.29, 0.717) is 17.9 Å². The molecule has 0 N–H and O–H groups in total. The number of cyclic esters (lactones) is 1. The fourth-order valence-corrected chi connectivity index (χ4v) is 3.00. The molecule has 0 atom stereocenters. The molecule has 0 fully saturated rings. The summed E-state index contributed by atoms with van der Waals surface area (Å²) >= 11 is 5.92. The van der Waals surface area contributed by atoms with Gasteiger partial charge in [-0.2, -0.15) is 0 Å². The Bertz CT molecular complexity index is 1160. The first-order valence-corrected chi connectivity index (χ1v) is 9.31. The van der Waals surface area contributed by atoms with Crippen LogP contribution in [-0.2, 0) is 16.1 Å². The number of ether oxygens (including phenoxy) is 2. The lowest BCUT2D eigenvalue weighted by molar-refractivity contribution is -0.129. The molecular formula is C23H14ClF2NO3. The van der Waals surface area contributed by atoms with Crippen LogP contribution in [-0.4, -0.2) is 11.9 Å². The first-order valence-electron chi connectivity index (χ1n) is 8.94. The summed E-state index contributed by atoms with van der Waals surface area (Å²) in [6, 6.07) is 18.5. The van der Waals surface area contributed by atoms with Gasteiger partial charge < -0.3 is 9.47 Å². The highest BCUT2D eigenvalue weighted by Crippen LogP contribution is 2.26. The summed E-state index contributed by atoms with van der Waals surface area (Å²) in [6.45, 7) is 0.441. The van der Waals surface area contributed by atoms with E-state index >= 15 is 0 Å². The van der Waals surface area contributed by atoms with Crippen LogP contribution >= 0.6 is 11.6 Å². The van der Waals surface area contributed by atoms with Crippen LogP contribution in [0.5, 0.6) is 5.75 Å². The summed E-state index contributed by atoms with van der Waals surface area (Å²) in [5, 5.41) is -0.110. The van der Waals surface area contributed by atoms with Crippen molar-refractivity contribution in [3.05, 3.63) is 106 Å². The van der Waals surface area contributed by atoms with E-state index in [2.05, 4.69) is 4.99 Å². The van der Waals surface area contributed by atoms with E-state index in [0.717, 1.165) is 17.7 Å². The van der Waals surface area contributed by atoms with Crippen LogP contribution in [0.25, 0.3) is 6.08 Å². The number of esters is 1. The van der Waals surface area contributed by atoms with Crippen molar-refractivity contribution in [3.8, 4) is 5.75 Å². The van der Waals surface area contributed by atoms with Gasteiger partial charge in [-0.1, -0.05) is 54.1 Å². The van der Waals surface area contributed by atoms with Crippen LogP contribution in [0, 0.1) is 11.6 Å². The van der Waals surface area contributed by atoms with Gasteiger partial charge in [0.25, 0.3) is 0 Å². The molecule has 3 aromatic carbocycles. The molecular weight excluding hydrogens is 412 g/mol. The monoisotopic (exact) mass is 425 g/mol. The topological polar surface area (TPSA) is 47.9 Å². The third-order valence-electron chi connectivity index (χ3n) is 4.29. The van der Waals surface area contributed by atoms with E-state index in [1.165, 1.54) is 6.08 Å². The van der Waals surface area contributed by atoms with Gasteiger partial charge in [-0.3, -0.25) is 0 Å². The molecule has 30 heavy (non-hydrogen) atoms. The van der Waals surface area contributed by atoms with E-state index in [1.807, 2.05) is 30.3 Å². The van der Waals surface area contributed by atoms with Gasteiger partial charge in [0, 0.05) is 0 Å². The van der Waals surface area contributed by atoms with Crippen LogP contribution in [0.3, 0.4) is 0 Å². The van der Waals surface area contributed by atoms with E-state index in [-0.39, 0.29) is 22.2 Å². The van der Waals surface area contributed by atoms with E-state index in [4.69, 9.17) is 21.1 Å². The van der Waals surface area contributed by atoms with Crippen molar-refractivity contribution in [2.24, 2.45) is 4.99 Å². The summed E-state index contributed by atoms with van der Waals surface area (Å²) in [5.74, 6) is -2.43. The maximum absolute atomic E-state index is 13.5. The van der Waals surface area contributed by atoms with Crippen LogP contribution in [0.4, 0.5) is 8.78 Å². The van der Waals surface area contributed by atoms with Gasteiger partial charge in [0.15, 0.2) is 17.3 Å². The van der Waals surface area contributed by atoms with Gasteiger partial charge in [-0.15, -0.1) is 0 Å². The number of halogens is 3. The fraction of sp³-hybridized carbons (Fsp3) is 0.0435. The van der Waals surface area contributed by atoms with E-state index in [9.17, 15) is 13.6 Å². The normalized spacial score (nSPS) is 14.6. The summed E-state index contributed by atoms with van der Waals surface area (Å²) < 4.78 is 37.5. The zero-order valence-corrected chi connectivity index (χ0v) is 16.2. The van der Waals surface area contributed by atoms with Crippen LogP contribution in [0.2, 0.25) is 5.02 Å². The van der Waals surface area contributed by atoms with Crippen LogP contribution < -0.4 is 4.74 Å². The summed E-state index contributed by atoms with van der Waals surface area (Å²) in [6.07, 6.45) is 1.52. The standard InChI is InChI=1S/C23H14ClF2NO3/c24-18-12-20(26)19(25)11-17(18)22-27-21(23(28)30-22)10-14-6-8-16(9-7-14)29-13-15-4-2-1-3-5-15/h1-12H,13H2. The lowest BCUT2D eigenvalue weighted by atomic mass is 10.2. The SMILES string of the molecule is O=C1OC(c2cc(F)c(F)cc2Cl)=NC1=Cc1ccc(OCc2ccccc2)cc1. The molecule has 0 spiro atoms. The molecule has 0 aromatic heterocycles. The van der Waals surface area contributed by atoms with Gasteiger partial charge in [-0.25, -0.2) is 18.6 Å². The maximum Gasteiger partial charge on any atom is 0.363 e. The molecule has 1 heterocycles. The first kappa shape index (κ1) is 19.8. The highest BCUT2D eigenvalue weighted by molar-refractivity contribution is 6.34. The van der Waals surface area contributed by atoms with Crippen molar-refractivity contribution in [2.75, 3.05) is 0 Å². The average Bonchev–Trinajstić information content (AvgIpc) is 3.11. The van der Waals surface area contributed by atoms with Crippen molar-refractivity contribution in [1.29, 1.82) is 0 Å². The smallest absolute Gasteiger partial charge is 0.363 e. The fourth-order valence-electron chi connectivity index (χ4n) is 2.77. The Morgan fingerprint density at radius 2 is 1.70 bits per heavy atom. The number of carbonyl (C=O) groups is 1. The number of rotatable bonds is 5. The first-order chi connectivity index (χ1) is 14.5. The Morgan fingerprint density at radius 1 is 1.00 bits per heavy atom. The Morgan fingerprint density at radius 3 is 2.43 bits per heavy atom. The van der Waals surface area contributed by atoms with E-state index < -0.39 is 17.6 Å². The molecule has 150 valence electrons. The number of nitrogens with zero attached hydrogens (tertiary/aromatic N) is 1. The maximum atomic E-state index is 13.5. The molecule has 0 amide bonds. The van der Waals surface area contributed by atoms with Gasteiger partial charge in [-0.05, 0) is 41.5 Å². The number of benzene rings is 3. The van der Waals surface area contributed by atoms with Crippen molar-refractivity contribution in [1.82, 2.24) is 0 Å². The molecule has 0 unspecified atom stereocenters. The van der Waals surface area contributed by atoms with Crippen molar-refractivity contribution in [2.45, 2.75) is 6.61 Å². The Hall–Kier alpha value is -3.51. The Labute approximate surface area is 176 Å². The molecule has 0 bridgehead atoms. The highest BCUT2D eigenvalue weighted by Gasteiger charge is 2.26. The van der Waals surface area contributed by atoms with Gasteiger partial charge in [0.1, 0.15) is 12.4 Å². The van der Waals surface area contributed by atoms with Crippen molar-refractivity contribution < 1.29 is 23.0 Å². The number of hydrogen-bond donors (Lipinski definition) is 0. The minimum atomic E-state index is -1.11. The average molecular weight is 426 g/mol. The molecule has 7 heteroatoms. The summed E-state index contributed by atoms with van der Waals surface area (Å²) in [5.41, 5.74) is 1.76. The second-order valence-corrected chi connectivity index (χ2v) is 6.83. The molecule has 0 radical (unpaired) electrons. The second kappa shape index (κ2) is 8.47. The molecule has 0 aliphatic carbocycles. The van der Waals surface area contributed by atoms with Gasteiger partial charge >= 0.3 is 5.97 Å². The zero-order valence-electron chi connectivity index (χ0n) is 15.4. The second-order valence-electron chi connectivity index (χ2n) is 6.43. The van der Waals surface area contributed by atoms with Crippen molar-refractivity contribution in [3.63, 3.8) is 0 Å². The molecule has 1 aliphatic heterocycles. The molecule has 3 aromatic rings. The van der Waals surface area contributed by atoms with Gasteiger partial charge in [0.2, 0.25) is 5.90 Å². The lowest BCUT2D eigenvalue weighted by Crippen LogP contribution is -2.07. The Balaban J connectivity index is 1.50. The zero-order chi connectivity index (χ0) is 21.1. The minimum Gasteiger partial charge on any atom is -0.489 e. The molecule has 4 rings (SSSR count). The number of carbonyl (C=O) groups excluding carboxylic acids is 1. The number of hydrogen-bond acceptors (Lipinski definition) is 4. The third kappa shape index (κ3) is 4.39.